The lowest BCUT2D eigenvalue weighted by atomic mass is 10.2. The van der Waals surface area contributed by atoms with Crippen molar-refractivity contribution in [2.45, 2.75) is 18.2 Å². The molecule has 0 atom stereocenters. The summed E-state index contributed by atoms with van der Waals surface area (Å²) in [6, 6.07) is 8.54. The van der Waals surface area contributed by atoms with Crippen LogP contribution in [0, 0.1) is 0 Å². The van der Waals surface area contributed by atoms with E-state index in [0.717, 1.165) is 5.52 Å². The molecule has 23 heavy (non-hydrogen) atoms. The zero-order valence-corrected chi connectivity index (χ0v) is 13.7. The lowest BCUT2D eigenvalue weighted by molar-refractivity contribution is 0.415. The fourth-order valence-electron chi connectivity index (χ4n) is 2.42. The van der Waals surface area contributed by atoms with Crippen LogP contribution in [0.4, 0.5) is 0 Å². The quantitative estimate of drug-likeness (QED) is 0.777. The number of imidazole rings is 1. The fourth-order valence-corrected chi connectivity index (χ4v) is 3.75. The predicted molar refractivity (Wildman–Crippen MR) is 88.2 cm³/mol. The van der Waals surface area contributed by atoms with E-state index in [-0.39, 0.29) is 10.6 Å². The first kappa shape index (κ1) is 15.5. The Morgan fingerprint density at radius 1 is 1.26 bits per heavy atom. The zero-order valence-electron chi connectivity index (χ0n) is 12.9. The van der Waals surface area contributed by atoms with Gasteiger partial charge in [-0.25, -0.2) is 18.4 Å². The van der Waals surface area contributed by atoms with Crippen LogP contribution in [0.15, 0.2) is 41.4 Å². The maximum absolute atomic E-state index is 12.2. The SMILES string of the molecule is CCCS(=O)(=O)c1ccc(-c2nc3ncccc3[nH]2)c(OC)c1. The molecule has 0 radical (unpaired) electrons. The number of nitrogens with one attached hydrogen (secondary N) is 1. The van der Waals surface area contributed by atoms with Gasteiger partial charge in [0.2, 0.25) is 0 Å². The largest absolute Gasteiger partial charge is 0.496 e. The van der Waals surface area contributed by atoms with Crippen molar-refractivity contribution < 1.29 is 13.2 Å². The van der Waals surface area contributed by atoms with Crippen LogP contribution in [-0.2, 0) is 9.84 Å². The van der Waals surface area contributed by atoms with Gasteiger partial charge < -0.3 is 9.72 Å². The molecule has 0 saturated carbocycles. The molecule has 3 aromatic rings. The second-order valence-corrected chi connectivity index (χ2v) is 7.25. The lowest BCUT2D eigenvalue weighted by Crippen LogP contribution is -2.06. The second-order valence-electron chi connectivity index (χ2n) is 5.14. The van der Waals surface area contributed by atoms with E-state index in [1.807, 2.05) is 19.1 Å². The molecule has 2 aromatic heterocycles. The van der Waals surface area contributed by atoms with E-state index in [1.165, 1.54) is 7.11 Å². The Balaban J connectivity index is 2.10. The third-order valence-corrected chi connectivity index (χ3v) is 5.44. The molecule has 0 fully saturated rings. The Labute approximate surface area is 134 Å². The Morgan fingerprint density at radius 2 is 2.09 bits per heavy atom. The highest BCUT2D eigenvalue weighted by molar-refractivity contribution is 7.91. The van der Waals surface area contributed by atoms with E-state index in [4.69, 9.17) is 4.74 Å². The monoisotopic (exact) mass is 331 g/mol. The summed E-state index contributed by atoms with van der Waals surface area (Å²) in [5.41, 5.74) is 2.11. The molecule has 0 amide bonds. The van der Waals surface area contributed by atoms with Crippen molar-refractivity contribution in [1.29, 1.82) is 0 Å². The summed E-state index contributed by atoms with van der Waals surface area (Å²) in [4.78, 5) is 12.0. The van der Waals surface area contributed by atoms with Crippen LogP contribution < -0.4 is 4.74 Å². The molecule has 6 nitrogen and oxygen atoms in total. The van der Waals surface area contributed by atoms with Crippen LogP contribution in [0.2, 0.25) is 0 Å². The average molecular weight is 331 g/mol. The normalized spacial score (nSPS) is 11.7. The van der Waals surface area contributed by atoms with Gasteiger partial charge in [-0.15, -0.1) is 0 Å². The molecule has 120 valence electrons. The molecule has 0 aliphatic heterocycles. The average Bonchev–Trinajstić information content (AvgIpc) is 2.98. The van der Waals surface area contributed by atoms with Crippen molar-refractivity contribution >= 4 is 21.0 Å². The van der Waals surface area contributed by atoms with Gasteiger partial charge in [0.1, 0.15) is 11.6 Å². The summed E-state index contributed by atoms with van der Waals surface area (Å²) in [6.45, 7) is 1.84. The Hall–Kier alpha value is -2.41. The molecule has 0 aliphatic carbocycles. The minimum atomic E-state index is -3.29. The summed E-state index contributed by atoms with van der Waals surface area (Å²) >= 11 is 0. The third-order valence-electron chi connectivity index (χ3n) is 3.52. The van der Waals surface area contributed by atoms with Gasteiger partial charge in [0.05, 0.1) is 28.8 Å². The maximum atomic E-state index is 12.2. The minimum absolute atomic E-state index is 0.115. The lowest BCUT2D eigenvalue weighted by Gasteiger charge is -2.09. The van der Waals surface area contributed by atoms with Crippen LogP contribution >= 0.6 is 0 Å². The van der Waals surface area contributed by atoms with Crippen molar-refractivity contribution in [3.8, 4) is 17.1 Å². The Morgan fingerprint density at radius 3 is 2.78 bits per heavy atom. The first-order valence-corrected chi connectivity index (χ1v) is 8.92. The number of aromatic amines is 1. The third kappa shape index (κ3) is 2.92. The van der Waals surface area contributed by atoms with E-state index < -0.39 is 9.84 Å². The molecule has 2 heterocycles. The summed E-state index contributed by atoms with van der Waals surface area (Å²) in [6.07, 6.45) is 2.24. The minimum Gasteiger partial charge on any atom is -0.496 e. The number of nitrogens with zero attached hydrogens (tertiary/aromatic N) is 2. The van der Waals surface area contributed by atoms with Gasteiger partial charge in [-0.3, -0.25) is 0 Å². The summed E-state index contributed by atoms with van der Waals surface area (Å²) in [5.74, 6) is 1.17. The van der Waals surface area contributed by atoms with Crippen molar-refractivity contribution in [2.75, 3.05) is 12.9 Å². The number of rotatable bonds is 5. The molecular weight excluding hydrogens is 314 g/mol. The van der Waals surface area contributed by atoms with Crippen LogP contribution in [0.25, 0.3) is 22.6 Å². The van der Waals surface area contributed by atoms with Crippen LogP contribution in [0.3, 0.4) is 0 Å². The number of pyridine rings is 1. The second kappa shape index (κ2) is 6.00. The molecule has 3 rings (SSSR count). The van der Waals surface area contributed by atoms with Crippen molar-refractivity contribution in [2.24, 2.45) is 0 Å². The molecule has 0 saturated heterocycles. The van der Waals surface area contributed by atoms with E-state index in [0.29, 0.717) is 29.2 Å². The van der Waals surface area contributed by atoms with Gasteiger partial charge in [0.15, 0.2) is 15.5 Å². The zero-order chi connectivity index (χ0) is 16.4. The number of methoxy groups -OCH3 is 1. The van der Waals surface area contributed by atoms with E-state index in [1.54, 1.807) is 24.4 Å². The summed E-state index contributed by atoms with van der Waals surface area (Å²) < 4.78 is 29.8. The molecule has 1 N–H and O–H groups in total. The number of benzene rings is 1. The molecule has 7 heteroatoms. The highest BCUT2D eigenvalue weighted by Gasteiger charge is 2.18. The highest BCUT2D eigenvalue weighted by Crippen LogP contribution is 2.31. The van der Waals surface area contributed by atoms with Gasteiger partial charge in [0.25, 0.3) is 0 Å². The molecule has 1 aromatic carbocycles. The number of H-pyrrole nitrogens is 1. The smallest absolute Gasteiger partial charge is 0.178 e. The number of hydrogen-bond donors (Lipinski definition) is 1. The number of ether oxygens (including phenoxy) is 1. The number of fused-ring (bicyclic) bond motifs is 1. The van der Waals surface area contributed by atoms with Gasteiger partial charge in [-0.05, 0) is 36.8 Å². The van der Waals surface area contributed by atoms with Crippen molar-refractivity contribution in [3.63, 3.8) is 0 Å². The Bertz CT molecular complexity index is 915. The number of aromatic nitrogens is 3. The van der Waals surface area contributed by atoms with E-state index in [9.17, 15) is 8.42 Å². The van der Waals surface area contributed by atoms with Crippen molar-refractivity contribution in [3.05, 3.63) is 36.5 Å². The standard InChI is InChI=1S/C16H17N3O3S/c1-3-9-23(20,21)11-6-7-12(14(10-11)22-2)15-18-13-5-4-8-17-16(13)19-15/h4-8,10H,3,9H2,1-2H3,(H,17,18,19). The van der Waals surface area contributed by atoms with E-state index >= 15 is 0 Å². The molecule has 0 unspecified atom stereocenters. The fraction of sp³-hybridized carbons (Fsp3) is 0.250. The first-order valence-electron chi connectivity index (χ1n) is 7.27. The molecule has 0 spiro atoms. The van der Waals surface area contributed by atoms with Crippen LogP contribution in [0.1, 0.15) is 13.3 Å². The van der Waals surface area contributed by atoms with Gasteiger partial charge in [0, 0.05) is 6.20 Å². The highest BCUT2D eigenvalue weighted by atomic mass is 32.2. The molecule has 0 aliphatic rings. The van der Waals surface area contributed by atoms with Crippen molar-refractivity contribution in [1.82, 2.24) is 15.0 Å². The molecular formula is C16H17N3O3S. The Kier molecular flexibility index (Phi) is 4.04. The van der Waals surface area contributed by atoms with Crippen LogP contribution in [0.5, 0.6) is 5.75 Å². The van der Waals surface area contributed by atoms with Gasteiger partial charge in [-0.2, -0.15) is 0 Å². The van der Waals surface area contributed by atoms with E-state index in [2.05, 4.69) is 15.0 Å². The number of hydrogen-bond acceptors (Lipinski definition) is 5. The van der Waals surface area contributed by atoms with Gasteiger partial charge in [-0.1, -0.05) is 6.92 Å². The van der Waals surface area contributed by atoms with Crippen LogP contribution in [-0.4, -0.2) is 36.2 Å². The number of sulfone groups is 1. The molecule has 0 bridgehead atoms. The topological polar surface area (TPSA) is 84.9 Å². The first-order chi connectivity index (χ1) is 11.0. The summed E-state index contributed by atoms with van der Waals surface area (Å²) in [7, 11) is -1.78. The van der Waals surface area contributed by atoms with Gasteiger partial charge >= 0.3 is 0 Å². The summed E-state index contributed by atoms with van der Waals surface area (Å²) in [5, 5.41) is 0. The predicted octanol–water partition coefficient (Wildman–Crippen LogP) is 2.82. The maximum Gasteiger partial charge on any atom is 0.178 e.